The van der Waals surface area contributed by atoms with Crippen molar-refractivity contribution in [2.75, 3.05) is 32.7 Å². The molecule has 0 N–H and O–H groups in total. The van der Waals surface area contributed by atoms with Crippen LogP contribution in [0, 0.1) is 5.92 Å². The second-order valence-corrected chi connectivity index (χ2v) is 7.25. The van der Waals surface area contributed by atoms with Gasteiger partial charge in [-0.25, -0.2) is 4.79 Å². The Labute approximate surface area is 123 Å². The third kappa shape index (κ3) is 4.97. The molecule has 0 unspecified atom stereocenters. The second kappa shape index (κ2) is 6.79. The lowest BCUT2D eigenvalue weighted by Gasteiger charge is -2.34. The van der Waals surface area contributed by atoms with Gasteiger partial charge in [0, 0.05) is 13.1 Å². The minimum absolute atomic E-state index is 0.143. The second-order valence-electron chi connectivity index (χ2n) is 7.25. The molecule has 4 nitrogen and oxygen atoms in total. The molecule has 2 saturated heterocycles. The fraction of sp³-hybridized carbons (Fsp3) is 0.938. The highest BCUT2D eigenvalue weighted by Crippen LogP contribution is 2.23. The molecule has 2 fully saturated rings. The van der Waals surface area contributed by atoms with Gasteiger partial charge in [0.1, 0.15) is 5.60 Å². The third-order valence-electron chi connectivity index (χ3n) is 4.32. The maximum absolute atomic E-state index is 12.0. The van der Waals surface area contributed by atoms with Crippen molar-refractivity contribution in [2.24, 2.45) is 5.92 Å². The number of amides is 1. The van der Waals surface area contributed by atoms with Crippen molar-refractivity contribution in [2.45, 2.75) is 58.5 Å². The van der Waals surface area contributed by atoms with Gasteiger partial charge in [0.15, 0.2) is 0 Å². The lowest BCUT2D eigenvalue weighted by atomic mass is 9.93. The van der Waals surface area contributed by atoms with Crippen LogP contribution in [-0.2, 0) is 4.74 Å². The molecule has 0 bridgehead atoms. The van der Waals surface area contributed by atoms with Crippen LogP contribution in [0.2, 0.25) is 0 Å². The third-order valence-corrected chi connectivity index (χ3v) is 4.32. The fourth-order valence-electron chi connectivity index (χ4n) is 3.10. The van der Waals surface area contributed by atoms with E-state index in [4.69, 9.17) is 4.74 Å². The molecular weight excluding hydrogens is 252 g/mol. The number of hydrogen-bond acceptors (Lipinski definition) is 3. The Morgan fingerprint density at radius 1 is 1.10 bits per heavy atom. The Bertz CT molecular complexity index is 311. The first kappa shape index (κ1) is 15.6. The topological polar surface area (TPSA) is 32.8 Å². The van der Waals surface area contributed by atoms with Crippen molar-refractivity contribution in [3.8, 4) is 0 Å². The van der Waals surface area contributed by atoms with Crippen LogP contribution in [0.15, 0.2) is 0 Å². The van der Waals surface area contributed by atoms with E-state index in [9.17, 15) is 4.79 Å². The summed E-state index contributed by atoms with van der Waals surface area (Å²) in [5.41, 5.74) is -0.385. The maximum Gasteiger partial charge on any atom is 0.410 e. The Kier molecular flexibility index (Phi) is 5.30. The molecular formula is C16H30N2O2. The van der Waals surface area contributed by atoms with Crippen LogP contribution >= 0.6 is 0 Å². The van der Waals surface area contributed by atoms with Crippen molar-refractivity contribution < 1.29 is 9.53 Å². The molecule has 0 aliphatic carbocycles. The van der Waals surface area contributed by atoms with E-state index in [0.717, 1.165) is 31.8 Å². The first-order chi connectivity index (χ1) is 9.44. The number of ether oxygens (including phenoxy) is 1. The lowest BCUT2D eigenvalue weighted by Crippen LogP contribution is -2.42. The SMILES string of the molecule is CC(C)(C)OC(=O)N1CCC(CCN2CCCC2)CC1. The lowest BCUT2D eigenvalue weighted by molar-refractivity contribution is 0.0178. The monoisotopic (exact) mass is 282 g/mol. The zero-order valence-electron chi connectivity index (χ0n) is 13.4. The molecule has 2 aliphatic heterocycles. The number of likely N-dealkylation sites (tertiary alicyclic amines) is 2. The molecule has 0 radical (unpaired) electrons. The van der Waals surface area contributed by atoms with Crippen molar-refractivity contribution in [1.82, 2.24) is 9.80 Å². The van der Waals surface area contributed by atoms with Crippen LogP contribution in [0.25, 0.3) is 0 Å². The van der Waals surface area contributed by atoms with Crippen molar-refractivity contribution in [1.29, 1.82) is 0 Å². The molecule has 0 aromatic heterocycles. The first-order valence-corrected chi connectivity index (χ1v) is 8.14. The van der Waals surface area contributed by atoms with E-state index < -0.39 is 0 Å². The average molecular weight is 282 g/mol. The summed E-state index contributed by atoms with van der Waals surface area (Å²) in [5.74, 6) is 0.786. The molecule has 0 spiro atoms. The summed E-state index contributed by atoms with van der Waals surface area (Å²) in [6.07, 6.45) is 6.16. The van der Waals surface area contributed by atoms with E-state index in [1.54, 1.807) is 0 Å². The van der Waals surface area contributed by atoms with Crippen LogP contribution in [-0.4, -0.2) is 54.2 Å². The molecule has 2 heterocycles. The molecule has 0 aromatic rings. The molecule has 2 rings (SSSR count). The Balaban J connectivity index is 1.65. The largest absolute Gasteiger partial charge is 0.444 e. The quantitative estimate of drug-likeness (QED) is 0.797. The van der Waals surface area contributed by atoms with E-state index in [2.05, 4.69) is 4.90 Å². The van der Waals surface area contributed by atoms with E-state index in [1.807, 2.05) is 25.7 Å². The zero-order valence-corrected chi connectivity index (χ0v) is 13.4. The molecule has 1 amide bonds. The molecule has 0 saturated carbocycles. The predicted octanol–water partition coefficient (Wildman–Crippen LogP) is 3.12. The number of rotatable bonds is 3. The molecule has 0 atom stereocenters. The van der Waals surface area contributed by atoms with Gasteiger partial charge in [0.25, 0.3) is 0 Å². The summed E-state index contributed by atoms with van der Waals surface area (Å²) < 4.78 is 5.43. The highest BCUT2D eigenvalue weighted by atomic mass is 16.6. The summed E-state index contributed by atoms with van der Waals surface area (Å²) in [5, 5.41) is 0. The molecule has 4 heteroatoms. The summed E-state index contributed by atoms with van der Waals surface area (Å²) in [7, 11) is 0. The van der Waals surface area contributed by atoms with Crippen molar-refractivity contribution in [3.63, 3.8) is 0 Å². The van der Waals surface area contributed by atoms with Gasteiger partial charge >= 0.3 is 6.09 Å². The van der Waals surface area contributed by atoms with Crippen LogP contribution in [0.4, 0.5) is 4.79 Å². The van der Waals surface area contributed by atoms with Crippen molar-refractivity contribution in [3.05, 3.63) is 0 Å². The molecule has 2 aliphatic rings. The predicted molar refractivity (Wildman–Crippen MR) is 80.8 cm³/mol. The highest BCUT2D eigenvalue weighted by molar-refractivity contribution is 5.68. The van der Waals surface area contributed by atoms with Gasteiger partial charge in [0.05, 0.1) is 0 Å². The van der Waals surface area contributed by atoms with Crippen LogP contribution < -0.4 is 0 Å². The minimum Gasteiger partial charge on any atom is -0.444 e. The van der Waals surface area contributed by atoms with Gasteiger partial charge in [-0.3, -0.25) is 0 Å². The minimum atomic E-state index is -0.385. The number of hydrogen-bond donors (Lipinski definition) is 0. The Hall–Kier alpha value is -0.770. The fourth-order valence-corrected chi connectivity index (χ4v) is 3.10. The molecule has 116 valence electrons. The van der Waals surface area contributed by atoms with Gasteiger partial charge in [0.2, 0.25) is 0 Å². The number of piperidine rings is 1. The van der Waals surface area contributed by atoms with Gasteiger partial charge in [-0.15, -0.1) is 0 Å². The number of carbonyl (C=O) groups is 1. The standard InChI is InChI=1S/C16H30N2O2/c1-16(2,3)20-15(19)18-12-7-14(8-13-18)6-11-17-9-4-5-10-17/h14H,4-13H2,1-3H3. The van der Waals surface area contributed by atoms with Crippen LogP contribution in [0.1, 0.15) is 52.9 Å². The normalized spacial score (nSPS) is 22.2. The van der Waals surface area contributed by atoms with E-state index in [-0.39, 0.29) is 11.7 Å². The summed E-state index contributed by atoms with van der Waals surface area (Å²) >= 11 is 0. The van der Waals surface area contributed by atoms with E-state index >= 15 is 0 Å². The Morgan fingerprint density at radius 2 is 1.70 bits per heavy atom. The van der Waals surface area contributed by atoms with Gasteiger partial charge < -0.3 is 14.5 Å². The number of nitrogens with zero attached hydrogens (tertiary/aromatic N) is 2. The van der Waals surface area contributed by atoms with Crippen LogP contribution in [0.3, 0.4) is 0 Å². The highest BCUT2D eigenvalue weighted by Gasteiger charge is 2.27. The maximum atomic E-state index is 12.0. The summed E-state index contributed by atoms with van der Waals surface area (Å²) in [4.78, 5) is 16.4. The Morgan fingerprint density at radius 3 is 2.25 bits per heavy atom. The summed E-state index contributed by atoms with van der Waals surface area (Å²) in [6, 6.07) is 0. The molecule has 0 aromatic carbocycles. The van der Waals surface area contributed by atoms with Gasteiger partial charge in [-0.2, -0.15) is 0 Å². The van der Waals surface area contributed by atoms with Gasteiger partial charge in [-0.1, -0.05) is 0 Å². The average Bonchev–Trinajstić information content (AvgIpc) is 2.88. The first-order valence-electron chi connectivity index (χ1n) is 8.14. The van der Waals surface area contributed by atoms with Crippen molar-refractivity contribution >= 4 is 6.09 Å². The van der Waals surface area contributed by atoms with Gasteiger partial charge in [-0.05, 0) is 78.4 Å². The smallest absolute Gasteiger partial charge is 0.410 e. The zero-order chi connectivity index (χ0) is 14.6. The van der Waals surface area contributed by atoms with E-state index in [1.165, 1.54) is 38.9 Å². The van der Waals surface area contributed by atoms with Crippen LogP contribution in [0.5, 0.6) is 0 Å². The summed E-state index contributed by atoms with van der Waals surface area (Å²) in [6.45, 7) is 11.3. The van der Waals surface area contributed by atoms with E-state index in [0.29, 0.717) is 0 Å². The number of carbonyl (C=O) groups excluding carboxylic acids is 1. The molecule has 20 heavy (non-hydrogen) atoms.